The van der Waals surface area contributed by atoms with E-state index in [0.717, 1.165) is 15.6 Å². The molecule has 3 heteroatoms. The van der Waals surface area contributed by atoms with E-state index in [0.29, 0.717) is 12.3 Å². The molecule has 2 aromatic rings. The molecule has 0 saturated heterocycles. The number of benzene rings is 1. The predicted octanol–water partition coefficient (Wildman–Crippen LogP) is 4.24. The Hall–Kier alpha value is -1.19. The lowest BCUT2D eigenvalue weighted by Gasteiger charge is -2.12. The van der Waals surface area contributed by atoms with Crippen molar-refractivity contribution >= 4 is 15.9 Å². The standard InChI is InChI=1S/C16H18BrNO/c1-11(2)13-5-3-12(4-6-13)7-16(19)14-8-15(17)10-18-9-14/h3-6,8-11,16,19H,7H2,1-2H3. The van der Waals surface area contributed by atoms with Crippen molar-refractivity contribution in [1.29, 1.82) is 0 Å². The van der Waals surface area contributed by atoms with Crippen LogP contribution in [-0.2, 0) is 6.42 Å². The van der Waals surface area contributed by atoms with Gasteiger partial charge in [-0.25, -0.2) is 0 Å². The molecule has 1 heterocycles. The number of aliphatic hydroxyl groups is 1. The van der Waals surface area contributed by atoms with E-state index < -0.39 is 6.10 Å². The fourth-order valence-corrected chi connectivity index (χ4v) is 2.37. The first kappa shape index (κ1) is 14.2. The van der Waals surface area contributed by atoms with Crippen molar-refractivity contribution < 1.29 is 5.11 Å². The predicted molar refractivity (Wildman–Crippen MR) is 81.1 cm³/mol. The van der Waals surface area contributed by atoms with Gasteiger partial charge < -0.3 is 5.11 Å². The van der Waals surface area contributed by atoms with Crippen molar-refractivity contribution in [2.75, 3.05) is 0 Å². The number of halogens is 1. The van der Waals surface area contributed by atoms with E-state index >= 15 is 0 Å². The Balaban J connectivity index is 2.08. The summed E-state index contributed by atoms with van der Waals surface area (Å²) in [7, 11) is 0. The lowest BCUT2D eigenvalue weighted by molar-refractivity contribution is 0.178. The van der Waals surface area contributed by atoms with Crippen LogP contribution in [0.3, 0.4) is 0 Å². The topological polar surface area (TPSA) is 33.1 Å². The first-order chi connectivity index (χ1) is 9.06. The SMILES string of the molecule is CC(C)c1ccc(CC(O)c2cncc(Br)c2)cc1. The molecule has 100 valence electrons. The number of hydrogen-bond donors (Lipinski definition) is 1. The summed E-state index contributed by atoms with van der Waals surface area (Å²) in [5.74, 6) is 0.535. The normalized spacial score (nSPS) is 12.7. The van der Waals surface area contributed by atoms with E-state index in [1.807, 2.05) is 6.07 Å². The van der Waals surface area contributed by atoms with Crippen LogP contribution in [0.5, 0.6) is 0 Å². The maximum atomic E-state index is 10.2. The number of hydrogen-bond acceptors (Lipinski definition) is 2. The summed E-state index contributed by atoms with van der Waals surface area (Å²) in [6.45, 7) is 4.36. The summed E-state index contributed by atoms with van der Waals surface area (Å²) in [5, 5.41) is 10.2. The Morgan fingerprint density at radius 3 is 2.37 bits per heavy atom. The van der Waals surface area contributed by atoms with Crippen molar-refractivity contribution in [2.45, 2.75) is 32.3 Å². The smallest absolute Gasteiger partial charge is 0.0845 e. The van der Waals surface area contributed by atoms with Gasteiger partial charge in [-0.2, -0.15) is 0 Å². The zero-order valence-corrected chi connectivity index (χ0v) is 12.8. The molecular formula is C16H18BrNO. The van der Waals surface area contributed by atoms with E-state index in [9.17, 15) is 5.11 Å². The molecule has 0 radical (unpaired) electrons. The molecule has 1 N–H and O–H groups in total. The summed E-state index contributed by atoms with van der Waals surface area (Å²) >= 11 is 3.37. The molecule has 1 unspecified atom stereocenters. The molecule has 0 fully saturated rings. The van der Waals surface area contributed by atoms with E-state index in [-0.39, 0.29) is 0 Å². The van der Waals surface area contributed by atoms with Crippen LogP contribution >= 0.6 is 15.9 Å². The van der Waals surface area contributed by atoms with Crippen LogP contribution in [0.25, 0.3) is 0 Å². The van der Waals surface area contributed by atoms with Crippen molar-refractivity contribution in [3.05, 3.63) is 63.9 Å². The second kappa shape index (κ2) is 6.31. The van der Waals surface area contributed by atoms with Crippen LogP contribution in [0.15, 0.2) is 47.2 Å². The lowest BCUT2D eigenvalue weighted by Crippen LogP contribution is -2.02. The van der Waals surface area contributed by atoms with Crippen molar-refractivity contribution in [2.24, 2.45) is 0 Å². The van der Waals surface area contributed by atoms with Gasteiger partial charge in [0.1, 0.15) is 0 Å². The summed E-state index contributed by atoms with van der Waals surface area (Å²) in [6.07, 6.45) is 3.51. The van der Waals surface area contributed by atoms with Gasteiger partial charge in [-0.3, -0.25) is 4.98 Å². The lowest BCUT2D eigenvalue weighted by atomic mass is 9.98. The van der Waals surface area contributed by atoms with E-state index in [1.165, 1.54) is 5.56 Å². The van der Waals surface area contributed by atoms with Crippen LogP contribution < -0.4 is 0 Å². The minimum absolute atomic E-state index is 0.519. The Bertz CT molecular complexity index is 537. The second-order valence-corrected chi connectivity index (χ2v) is 5.97. The number of aliphatic hydroxyl groups excluding tert-OH is 1. The average molecular weight is 320 g/mol. The van der Waals surface area contributed by atoms with E-state index in [4.69, 9.17) is 0 Å². The van der Waals surface area contributed by atoms with E-state index in [2.05, 4.69) is 59.0 Å². The fourth-order valence-electron chi connectivity index (χ4n) is 1.99. The maximum Gasteiger partial charge on any atom is 0.0845 e. The van der Waals surface area contributed by atoms with Crippen LogP contribution in [0.2, 0.25) is 0 Å². The molecule has 2 nitrogen and oxygen atoms in total. The van der Waals surface area contributed by atoms with Gasteiger partial charge >= 0.3 is 0 Å². The molecule has 1 aromatic heterocycles. The molecule has 2 rings (SSSR count). The minimum Gasteiger partial charge on any atom is -0.388 e. The zero-order chi connectivity index (χ0) is 13.8. The molecular weight excluding hydrogens is 302 g/mol. The van der Waals surface area contributed by atoms with Crippen molar-refractivity contribution in [1.82, 2.24) is 4.98 Å². The van der Waals surface area contributed by atoms with Crippen LogP contribution in [-0.4, -0.2) is 10.1 Å². The van der Waals surface area contributed by atoms with Crippen molar-refractivity contribution in [3.8, 4) is 0 Å². The Morgan fingerprint density at radius 1 is 1.11 bits per heavy atom. The largest absolute Gasteiger partial charge is 0.388 e. The minimum atomic E-state index is -0.519. The van der Waals surface area contributed by atoms with Gasteiger partial charge in [-0.1, -0.05) is 38.1 Å². The third kappa shape index (κ3) is 3.88. The first-order valence-electron chi connectivity index (χ1n) is 6.43. The van der Waals surface area contributed by atoms with Gasteiger partial charge in [0, 0.05) is 28.9 Å². The molecule has 0 aliphatic rings. The Morgan fingerprint density at radius 2 is 1.79 bits per heavy atom. The van der Waals surface area contributed by atoms with E-state index in [1.54, 1.807) is 12.4 Å². The van der Waals surface area contributed by atoms with Crippen molar-refractivity contribution in [3.63, 3.8) is 0 Å². The number of rotatable bonds is 4. The van der Waals surface area contributed by atoms with Gasteiger partial charge in [0.05, 0.1) is 6.10 Å². The van der Waals surface area contributed by atoms with Gasteiger partial charge in [0.25, 0.3) is 0 Å². The van der Waals surface area contributed by atoms with Gasteiger partial charge in [-0.15, -0.1) is 0 Å². The highest BCUT2D eigenvalue weighted by Crippen LogP contribution is 2.22. The molecule has 0 bridgehead atoms. The molecule has 1 atom stereocenters. The third-order valence-corrected chi connectivity index (χ3v) is 3.62. The molecule has 0 saturated carbocycles. The summed E-state index contributed by atoms with van der Waals surface area (Å²) in [6, 6.07) is 10.3. The van der Waals surface area contributed by atoms with Crippen LogP contribution in [0, 0.1) is 0 Å². The van der Waals surface area contributed by atoms with Crippen LogP contribution in [0.4, 0.5) is 0 Å². The zero-order valence-electron chi connectivity index (χ0n) is 11.2. The highest BCUT2D eigenvalue weighted by Gasteiger charge is 2.09. The van der Waals surface area contributed by atoms with Gasteiger partial charge in [0.15, 0.2) is 0 Å². The monoisotopic (exact) mass is 319 g/mol. The molecule has 0 amide bonds. The Labute approximate surface area is 122 Å². The number of aromatic nitrogens is 1. The summed E-state index contributed by atoms with van der Waals surface area (Å²) < 4.78 is 0.888. The summed E-state index contributed by atoms with van der Waals surface area (Å²) in [4.78, 5) is 4.08. The van der Waals surface area contributed by atoms with Crippen LogP contribution in [0.1, 0.15) is 42.6 Å². The molecule has 0 spiro atoms. The first-order valence-corrected chi connectivity index (χ1v) is 7.23. The Kier molecular flexibility index (Phi) is 4.72. The summed E-state index contributed by atoms with van der Waals surface area (Å²) in [5.41, 5.74) is 3.29. The molecule has 0 aliphatic carbocycles. The molecule has 0 aliphatic heterocycles. The molecule has 1 aromatic carbocycles. The quantitative estimate of drug-likeness (QED) is 0.914. The third-order valence-electron chi connectivity index (χ3n) is 3.19. The number of nitrogens with zero attached hydrogens (tertiary/aromatic N) is 1. The second-order valence-electron chi connectivity index (χ2n) is 5.05. The fraction of sp³-hybridized carbons (Fsp3) is 0.312. The highest BCUT2D eigenvalue weighted by atomic mass is 79.9. The van der Waals surface area contributed by atoms with Gasteiger partial charge in [-0.05, 0) is 39.0 Å². The maximum absolute atomic E-state index is 10.2. The average Bonchev–Trinajstić information content (AvgIpc) is 2.39. The number of pyridine rings is 1. The molecule has 19 heavy (non-hydrogen) atoms. The highest BCUT2D eigenvalue weighted by molar-refractivity contribution is 9.10. The van der Waals surface area contributed by atoms with Gasteiger partial charge in [0.2, 0.25) is 0 Å².